The molecule has 1 radical (unpaired) electrons. The molecular weight excluding hydrogens is 228 g/mol. The number of rotatable bonds is 0. The van der Waals surface area contributed by atoms with E-state index < -0.39 is 0 Å². The summed E-state index contributed by atoms with van der Waals surface area (Å²) in [5.41, 5.74) is 0. The second-order valence-electron chi connectivity index (χ2n) is 0.204. The van der Waals surface area contributed by atoms with E-state index in [4.69, 9.17) is 4.79 Å². The van der Waals surface area contributed by atoms with Gasteiger partial charge in [0.05, 0.1) is 0 Å². The normalized spacial score (nSPS) is 2.60. The van der Waals surface area contributed by atoms with Gasteiger partial charge in [-0.15, -0.1) is 0 Å². The molecule has 0 saturated heterocycles. The summed E-state index contributed by atoms with van der Waals surface area (Å²) >= 11 is 0. The molecular formula is C2H4LiOTa-. The van der Waals surface area contributed by atoms with Crippen molar-refractivity contribution in [3.05, 3.63) is 0 Å². The predicted molar refractivity (Wildman–Crippen MR) is 12.5 cm³/mol. The predicted octanol–water partition coefficient (Wildman–Crippen LogP) is -2.77. The molecule has 0 spiro atoms. The van der Waals surface area contributed by atoms with Gasteiger partial charge >= 0.3 is 18.9 Å². The van der Waals surface area contributed by atoms with Gasteiger partial charge in [-0.25, -0.2) is 0 Å². The molecule has 1 nitrogen and oxygen atoms in total. The van der Waals surface area contributed by atoms with Crippen molar-refractivity contribution < 1.29 is 47.5 Å². The van der Waals surface area contributed by atoms with Crippen molar-refractivity contribution in [3.63, 3.8) is 0 Å². The van der Waals surface area contributed by atoms with E-state index in [1.165, 1.54) is 13.2 Å². The molecule has 0 fully saturated rings. The molecule has 0 aliphatic carbocycles. The van der Waals surface area contributed by atoms with Crippen molar-refractivity contribution in [2.75, 3.05) is 0 Å². The molecule has 0 saturated carbocycles. The van der Waals surface area contributed by atoms with Gasteiger partial charge in [0.15, 0.2) is 0 Å². The Labute approximate surface area is 60.7 Å². The standard InChI is InChI=1S/C2H3O.Li.Ta.H/c1-2-3;;;/h1H3;;;/q-1;+1;;-1. The number of hydrogen-bond donors (Lipinski definition) is 0. The van der Waals surface area contributed by atoms with E-state index in [2.05, 4.69) is 0 Å². The smallest absolute Gasteiger partial charge is 1.00 e. The van der Waals surface area contributed by atoms with Gasteiger partial charge in [0.25, 0.3) is 0 Å². The van der Waals surface area contributed by atoms with Crippen LogP contribution in [0.3, 0.4) is 0 Å². The van der Waals surface area contributed by atoms with Gasteiger partial charge < -0.3 is 6.22 Å². The third kappa shape index (κ3) is 44.6. The van der Waals surface area contributed by atoms with Crippen LogP contribution < -0.4 is 18.9 Å². The van der Waals surface area contributed by atoms with E-state index in [0.717, 1.165) is 0 Å². The largest absolute Gasteiger partial charge is 1.00 e. The van der Waals surface area contributed by atoms with E-state index in [9.17, 15) is 0 Å². The van der Waals surface area contributed by atoms with E-state index in [-0.39, 0.29) is 42.7 Å². The summed E-state index contributed by atoms with van der Waals surface area (Å²) in [6.45, 7) is 1.32. The molecule has 0 aliphatic rings. The Bertz CT molecular complexity index is 21.0. The summed E-state index contributed by atoms with van der Waals surface area (Å²) in [5.74, 6) is 0. The van der Waals surface area contributed by atoms with Gasteiger partial charge in [-0.1, -0.05) is 0 Å². The van der Waals surface area contributed by atoms with Crippen molar-refractivity contribution in [3.8, 4) is 0 Å². The Kier molecular flexibility index (Phi) is 66.5. The van der Waals surface area contributed by atoms with Gasteiger partial charge in [0, 0.05) is 22.4 Å². The van der Waals surface area contributed by atoms with Crippen LogP contribution in [-0.2, 0) is 27.2 Å². The molecule has 0 rings (SSSR count). The van der Waals surface area contributed by atoms with E-state index in [1.807, 2.05) is 0 Å². The fourth-order valence-corrected chi connectivity index (χ4v) is 0. The van der Waals surface area contributed by atoms with Crippen LogP contribution in [-0.4, -0.2) is 6.29 Å². The summed E-state index contributed by atoms with van der Waals surface area (Å²) in [4.78, 5) is 8.68. The van der Waals surface area contributed by atoms with E-state index >= 15 is 0 Å². The molecule has 5 heavy (non-hydrogen) atoms. The number of carbonyl (C=O) groups excluding carboxylic acids is 1. The average Bonchev–Trinajstić information content (AvgIpc) is 0.918. The quantitative estimate of drug-likeness (QED) is 0.326. The maximum absolute atomic E-state index is 8.68. The molecule has 0 amide bonds. The van der Waals surface area contributed by atoms with Crippen molar-refractivity contribution in [2.24, 2.45) is 0 Å². The molecule has 0 bridgehead atoms. The minimum Gasteiger partial charge on any atom is -1.00 e. The maximum atomic E-state index is 8.68. The molecule has 0 heterocycles. The van der Waals surface area contributed by atoms with Crippen LogP contribution in [0.15, 0.2) is 0 Å². The molecule has 0 aromatic heterocycles. The van der Waals surface area contributed by atoms with Crippen molar-refractivity contribution in [1.82, 2.24) is 0 Å². The molecule has 3 heteroatoms. The van der Waals surface area contributed by atoms with Crippen LogP contribution in [0.25, 0.3) is 0 Å². The molecule has 0 N–H and O–H groups in total. The van der Waals surface area contributed by atoms with Crippen molar-refractivity contribution in [2.45, 2.75) is 6.92 Å². The molecule has 0 aliphatic heterocycles. The first-order valence-electron chi connectivity index (χ1n) is 0.704. The zero-order chi connectivity index (χ0) is 2.71. The first kappa shape index (κ1) is 16.7. The molecule has 0 atom stereocenters. The maximum Gasteiger partial charge on any atom is 1.00 e. The Morgan fingerprint density at radius 1 is 1.80 bits per heavy atom. The zero-order valence-corrected chi connectivity index (χ0v) is 6.57. The fraction of sp³-hybridized carbons (Fsp3) is 0.500. The van der Waals surface area contributed by atoms with Gasteiger partial charge in [-0.2, -0.15) is 6.92 Å². The molecule has 25 valence electrons. The monoisotopic (exact) mass is 232 g/mol. The van der Waals surface area contributed by atoms with Crippen molar-refractivity contribution >= 4 is 6.29 Å². The van der Waals surface area contributed by atoms with Crippen LogP contribution >= 0.6 is 0 Å². The summed E-state index contributed by atoms with van der Waals surface area (Å²) in [6, 6.07) is 0. The van der Waals surface area contributed by atoms with E-state index in [0.29, 0.717) is 0 Å². The summed E-state index contributed by atoms with van der Waals surface area (Å²) in [5, 5.41) is 0. The average molecular weight is 232 g/mol. The summed E-state index contributed by atoms with van der Waals surface area (Å²) < 4.78 is 0. The Balaban J connectivity index is -0.00000000667. The zero-order valence-electron chi connectivity index (χ0n) is 4.36. The Morgan fingerprint density at radius 3 is 1.80 bits per heavy atom. The second-order valence-corrected chi connectivity index (χ2v) is 0.204. The van der Waals surface area contributed by atoms with E-state index in [1.54, 1.807) is 0 Å². The second kappa shape index (κ2) is 20.0. The van der Waals surface area contributed by atoms with Gasteiger partial charge in [-0.05, 0) is 0 Å². The van der Waals surface area contributed by atoms with Gasteiger partial charge in [-0.3, -0.25) is 6.29 Å². The molecule has 0 unspecified atom stereocenters. The van der Waals surface area contributed by atoms with Crippen LogP contribution in [0, 0.1) is 0 Å². The fourth-order valence-electron chi connectivity index (χ4n) is 0. The van der Waals surface area contributed by atoms with Crippen molar-refractivity contribution in [1.29, 1.82) is 0 Å². The van der Waals surface area contributed by atoms with Crippen LogP contribution in [0.5, 0.6) is 0 Å². The minimum absolute atomic E-state index is 0. The first-order valence-corrected chi connectivity index (χ1v) is 0.704. The van der Waals surface area contributed by atoms with Crippen LogP contribution in [0.4, 0.5) is 0 Å². The molecule has 0 aromatic carbocycles. The summed E-state index contributed by atoms with van der Waals surface area (Å²) in [6.07, 6.45) is 1.50. The minimum atomic E-state index is 0. The SMILES string of the molecule is C[C-]=O.[H-].[Li+].[Ta]. The van der Waals surface area contributed by atoms with Gasteiger partial charge in [0.2, 0.25) is 0 Å². The molecule has 0 aromatic rings. The van der Waals surface area contributed by atoms with Gasteiger partial charge in [0.1, 0.15) is 0 Å². The third-order valence-corrected chi connectivity index (χ3v) is 0. The van der Waals surface area contributed by atoms with Crippen LogP contribution in [0.1, 0.15) is 8.35 Å². The number of hydrogen-bond acceptors (Lipinski definition) is 1. The Hall–Kier alpha value is 1.01. The summed E-state index contributed by atoms with van der Waals surface area (Å²) in [7, 11) is 0. The third-order valence-electron chi connectivity index (χ3n) is 0. The topological polar surface area (TPSA) is 17.1 Å². The first-order chi connectivity index (χ1) is 1.41. The van der Waals surface area contributed by atoms with Crippen LogP contribution in [0.2, 0.25) is 0 Å². The Morgan fingerprint density at radius 2 is 1.80 bits per heavy atom.